The molecule has 0 atom stereocenters. The molecule has 3 aromatic rings. The number of aliphatic hydroxyl groups is 1. The number of thiazole rings is 1. The van der Waals surface area contributed by atoms with Crippen LogP contribution in [0.5, 0.6) is 10.9 Å². The van der Waals surface area contributed by atoms with Crippen molar-refractivity contribution in [2.45, 2.75) is 76.2 Å². The first-order chi connectivity index (χ1) is 18.9. The molecule has 2 aliphatic rings. The number of benzene rings is 2. The summed E-state index contributed by atoms with van der Waals surface area (Å²) >= 11 is 1.49. The first-order valence-electron chi connectivity index (χ1n) is 14.2. The molecule has 39 heavy (non-hydrogen) atoms. The highest BCUT2D eigenvalue weighted by molar-refractivity contribution is 7.16. The van der Waals surface area contributed by atoms with E-state index >= 15 is 0 Å². The van der Waals surface area contributed by atoms with Crippen molar-refractivity contribution < 1.29 is 19.4 Å². The highest BCUT2D eigenvalue weighted by Crippen LogP contribution is 2.40. The Balaban J connectivity index is 1.35. The molecular formula is C32H40N2O4S. The number of hydrogen-bond acceptors (Lipinski definition) is 6. The van der Waals surface area contributed by atoms with Crippen molar-refractivity contribution in [3.05, 3.63) is 59.8 Å². The smallest absolute Gasteiger partial charge is 0.273 e. The molecule has 0 radical (unpaired) electrons. The van der Waals surface area contributed by atoms with Crippen molar-refractivity contribution in [2.75, 3.05) is 25.7 Å². The van der Waals surface area contributed by atoms with Gasteiger partial charge in [-0.2, -0.15) is 0 Å². The van der Waals surface area contributed by atoms with Crippen molar-refractivity contribution in [1.29, 1.82) is 0 Å². The fraction of sp³-hybridized carbons (Fsp3) is 0.500. The van der Waals surface area contributed by atoms with Crippen LogP contribution in [-0.4, -0.2) is 42.4 Å². The van der Waals surface area contributed by atoms with E-state index in [0.29, 0.717) is 36.4 Å². The summed E-state index contributed by atoms with van der Waals surface area (Å²) in [4.78, 5) is 21.2. The van der Waals surface area contributed by atoms with Crippen LogP contribution in [0, 0.1) is 12.8 Å². The number of hydrogen-bond donors (Lipinski definition) is 1. The second kappa shape index (κ2) is 12.1. The molecule has 2 fully saturated rings. The molecule has 1 aromatic heterocycles. The van der Waals surface area contributed by atoms with Crippen LogP contribution in [0.3, 0.4) is 0 Å². The van der Waals surface area contributed by atoms with Crippen LogP contribution in [0.4, 0.5) is 5.69 Å². The van der Waals surface area contributed by atoms with Crippen LogP contribution in [0.1, 0.15) is 74.8 Å². The van der Waals surface area contributed by atoms with Gasteiger partial charge >= 0.3 is 0 Å². The van der Waals surface area contributed by atoms with Crippen LogP contribution < -0.4 is 14.4 Å². The minimum atomic E-state index is -1.28. The molecule has 1 heterocycles. The van der Waals surface area contributed by atoms with Gasteiger partial charge in [-0.15, -0.1) is 0 Å². The average Bonchev–Trinajstić information content (AvgIpc) is 3.46. The zero-order chi connectivity index (χ0) is 27.4. The predicted octanol–water partition coefficient (Wildman–Crippen LogP) is 7.14. The van der Waals surface area contributed by atoms with Crippen molar-refractivity contribution >= 4 is 22.9 Å². The maximum Gasteiger partial charge on any atom is 0.273 e. The molecule has 5 rings (SSSR count). The van der Waals surface area contributed by atoms with Gasteiger partial charge in [0, 0.05) is 18.4 Å². The molecule has 2 aromatic carbocycles. The summed E-state index contributed by atoms with van der Waals surface area (Å²) in [5.41, 5.74) is 3.12. The second-order valence-corrected chi connectivity index (χ2v) is 12.2. The highest BCUT2D eigenvalue weighted by atomic mass is 32.1. The number of nitrogens with zero attached hydrogens (tertiary/aromatic N) is 2. The molecule has 0 bridgehead atoms. The van der Waals surface area contributed by atoms with Crippen LogP contribution in [0.15, 0.2) is 48.7 Å². The molecule has 6 nitrogen and oxygen atoms in total. The Morgan fingerprint density at radius 2 is 1.82 bits per heavy atom. The molecule has 2 saturated carbocycles. The van der Waals surface area contributed by atoms with Gasteiger partial charge in [-0.25, -0.2) is 4.98 Å². The van der Waals surface area contributed by atoms with Gasteiger partial charge in [0.2, 0.25) is 0 Å². The summed E-state index contributed by atoms with van der Waals surface area (Å²) in [6.45, 7) is 2.73. The summed E-state index contributed by atoms with van der Waals surface area (Å²) < 4.78 is 10.7. The van der Waals surface area contributed by atoms with Gasteiger partial charge in [-0.3, -0.25) is 4.79 Å². The molecule has 208 valence electrons. The van der Waals surface area contributed by atoms with E-state index < -0.39 is 5.60 Å². The van der Waals surface area contributed by atoms with Gasteiger partial charge in [-0.05, 0) is 92.2 Å². The Morgan fingerprint density at radius 3 is 2.49 bits per heavy atom. The lowest BCUT2D eigenvalue weighted by Gasteiger charge is -2.39. The van der Waals surface area contributed by atoms with Crippen LogP contribution in [0.2, 0.25) is 0 Å². The van der Waals surface area contributed by atoms with Crippen molar-refractivity contribution in [3.8, 4) is 21.4 Å². The summed E-state index contributed by atoms with van der Waals surface area (Å²) in [7, 11) is 3.34. The number of carbonyl (C=O) groups is 1. The van der Waals surface area contributed by atoms with Crippen molar-refractivity contribution in [3.63, 3.8) is 0 Å². The molecule has 0 aliphatic heterocycles. The van der Waals surface area contributed by atoms with E-state index in [1.165, 1.54) is 22.5 Å². The summed E-state index contributed by atoms with van der Waals surface area (Å²) in [6, 6.07) is 14.6. The van der Waals surface area contributed by atoms with E-state index in [1.54, 1.807) is 14.2 Å². The molecule has 1 amide bonds. The van der Waals surface area contributed by atoms with E-state index in [-0.39, 0.29) is 5.91 Å². The Labute approximate surface area is 236 Å². The largest absolute Gasteiger partial charge is 0.496 e. The van der Waals surface area contributed by atoms with Gasteiger partial charge < -0.3 is 19.5 Å². The molecule has 1 N–H and O–H groups in total. The molecule has 7 heteroatoms. The first kappa shape index (κ1) is 27.7. The lowest BCUT2D eigenvalue weighted by Crippen LogP contribution is -2.51. The summed E-state index contributed by atoms with van der Waals surface area (Å²) in [5, 5.41) is 12.1. The van der Waals surface area contributed by atoms with Crippen LogP contribution in [0.25, 0.3) is 10.4 Å². The quantitative estimate of drug-likeness (QED) is 0.324. The first-order valence-corrected chi connectivity index (χ1v) is 15.0. The third kappa shape index (κ3) is 6.15. The number of aromatic nitrogens is 1. The minimum absolute atomic E-state index is 0.144. The fourth-order valence-electron chi connectivity index (χ4n) is 6.31. The number of rotatable bonds is 8. The Morgan fingerprint density at radius 1 is 1.05 bits per heavy atom. The Kier molecular flexibility index (Phi) is 8.57. The summed E-state index contributed by atoms with van der Waals surface area (Å²) in [6.07, 6.45) is 10.1. The topological polar surface area (TPSA) is 71.9 Å². The van der Waals surface area contributed by atoms with Crippen LogP contribution >= 0.6 is 11.3 Å². The van der Waals surface area contributed by atoms with Gasteiger partial charge in [-0.1, -0.05) is 54.9 Å². The van der Waals surface area contributed by atoms with Crippen molar-refractivity contribution in [1.82, 2.24) is 4.98 Å². The minimum Gasteiger partial charge on any atom is -0.496 e. The van der Waals surface area contributed by atoms with E-state index in [0.717, 1.165) is 66.8 Å². The zero-order valence-corrected chi connectivity index (χ0v) is 24.1. The van der Waals surface area contributed by atoms with Gasteiger partial charge in [0.15, 0.2) is 0 Å². The maximum atomic E-state index is 14.0. The van der Waals surface area contributed by atoms with Crippen molar-refractivity contribution in [2.24, 2.45) is 5.92 Å². The number of amides is 1. The van der Waals surface area contributed by atoms with E-state index in [9.17, 15) is 9.90 Å². The highest BCUT2D eigenvalue weighted by Gasteiger charge is 2.41. The standard InChI is InChI=1S/C32H40N2O4S/c1-22-18-25(14-15-28(22)37-2)24-12-10-23(11-13-24)21-34(30(35)32(36)16-5-4-6-17-32)27-9-7-8-26(19-27)29-20-33-31(38-3)39-29/h7-9,14-15,18-20,23-24,36H,4-6,10-13,16-17,21H2,1-3H3. The van der Waals surface area contributed by atoms with Crippen LogP contribution in [-0.2, 0) is 4.79 Å². The van der Waals surface area contributed by atoms with E-state index in [4.69, 9.17) is 9.47 Å². The average molecular weight is 549 g/mol. The molecule has 0 spiro atoms. The fourth-order valence-corrected chi connectivity index (χ4v) is 7.04. The SMILES string of the molecule is COc1ncc(-c2cccc(N(CC3CCC(c4ccc(OC)c(C)c4)CC3)C(=O)C3(O)CCCCC3)c2)s1. The number of carbonyl (C=O) groups excluding carboxylic acids is 1. The monoisotopic (exact) mass is 548 g/mol. The number of anilines is 1. The molecule has 2 aliphatic carbocycles. The molecular weight excluding hydrogens is 508 g/mol. The third-order valence-corrected chi connectivity index (χ3v) is 9.61. The Hall–Kier alpha value is -2.90. The van der Waals surface area contributed by atoms with Gasteiger partial charge in [0.25, 0.3) is 11.1 Å². The zero-order valence-electron chi connectivity index (χ0n) is 23.3. The van der Waals surface area contributed by atoms with Gasteiger partial charge in [0.05, 0.1) is 19.1 Å². The normalized spacial score (nSPS) is 20.8. The third-order valence-electron chi connectivity index (χ3n) is 8.60. The predicted molar refractivity (Wildman–Crippen MR) is 157 cm³/mol. The van der Waals surface area contributed by atoms with Gasteiger partial charge in [0.1, 0.15) is 11.4 Å². The summed E-state index contributed by atoms with van der Waals surface area (Å²) in [5.74, 6) is 1.71. The number of aryl methyl sites for hydroxylation is 1. The lowest BCUT2D eigenvalue weighted by atomic mass is 9.77. The number of ether oxygens (including phenoxy) is 2. The second-order valence-electron chi connectivity index (χ2n) is 11.2. The number of methoxy groups -OCH3 is 2. The van der Waals surface area contributed by atoms with E-state index in [1.807, 2.05) is 29.3 Å². The molecule has 0 unspecified atom stereocenters. The Bertz CT molecular complexity index is 1270. The maximum absolute atomic E-state index is 14.0. The molecule has 0 saturated heterocycles. The van der Waals surface area contributed by atoms with E-state index in [2.05, 4.69) is 36.2 Å². The lowest BCUT2D eigenvalue weighted by molar-refractivity contribution is -0.140.